The average molecular weight is 1050 g/mol. The molecule has 2 aliphatic carbocycles. The molecule has 2 saturated heterocycles. The van der Waals surface area contributed by atoms with Crippen LogP contribution in [-0.2, 0) is 20.4 Å². The Morgan fingerprint density at radius 3 is 1.38 bits per heavy atom. The van der Waals surface area contributed by atoms with Gasteiger partial charge in [0.05, 0.1) is 36.0 Å². The number of nitrogens with one attached hydrogen (secondary N) is 1. The highest BCUT2D eigenvalue weighted by Crippen LogP contribution is 2.32. The zero-order valence-electron chi connectivity index (χ0n) is 38.2. The summed E-state index contributed by atoms with van der Waals surface area (Å²) in [6.45, 7) is 1.58. The monoisotopic (exact) mass is 1050 g/mol. The lowest BCUT2D eigenvalue weighted by Gasteiger charge is -2.36. The van der Waals surface area contributed by atoms with Gasteiger partial charge >= 0.3 is 21.3 Å². The van der Waals surface area contributed by atoms with Crippen molar-refractivity contribution in [2.45, 2.75) is 76.4 Å². The largest absolute Gasteiger partial charge is 0.483 e. The van der Waals surface area contributed by atoms with Gasteiger partial charge in [0.25, 0.3) is 10.2 Å². The third-order valence-corrected chi connectivity index (χ3v) is 15.2. The van der Waals surface area contributed by atoms with Gasteiger partial charge in [-0.1, -0.05) is 24.4 Å². The summed E-state index contributed by atoms with van der Waals surface area (Å²) in [5, 5.41) is 13.6. The van der Waals surface area contributed by atoms with Crippen LogP contribution in [0.1, 0.15) is 64.2 Å². The Bertz CT molecular complexity index is 3020. The number of aromatic nitrogens is 6. The number of hydrogen-bond donors (Lipinski definition) is 2. The first kappa shape index (κ1) is 51.4. The maximum Gasteiger partial charge on any atom is 0.316 e. The first-order chi connectivity index (χ1) is 33.9. The molecule has 3 N–H and O–H groups in total. The minimum Gasteiger partial charge on any atom is -0.483 e. The number of nitrogens with zero attached hydrogens (tertiary/aromatic N) is 10. The van der Waals surface area contributed by atoms with Gasteiger partial charge in [0, 0.05) is 70.6 Å². The Kier molecular flexibility index (Phi) is 16.1. The van der Waals surface area contributed by atoms with E-state index in [0.29, 0.717) is 23.5 Å². The van der Waals surface area contributed by atoms with E-state index in [1.54, 1.807) is 0 Å². The van der Waals surface area contributed by atoms with Crippen molar-refractivity contribution in [3.63, 3.8) is 0 Å². The molecule has 20 nitrogen and oxygen atoms in total. The molecule has 2 aliphatic heterocycles. The molecule has 2 saturated carbocycles. The predicted octanol–water partition coefficient (Wildman–Crippen LogP) is 4.69. The molecule has 71 heavy (non-hydrogen) atoms. The number of halogens is 5. The molecule has 27 heteroatoms. The van der Waals surface area contributed by atoms with E-state index >= 15 is 0 Å². The van der Waals surface area contributed by atoms with Gasteiger partial charge < -0.3 is 19.3 Å². The van der Waals surface area contributed by atoms with Gasteiger partial charge in [0.15, 0.2) is 0 Å². The van der Waals surface area contributed by atoms with Crippen LogP contribution in [-0.4, -0.2) is 120 Å². The lowest BCUT2D eigenvalue weighted by atomic mass is 9.98. The normalized spacial score (nSPS) is 17.9. The highest BCUT2D eigenvalue weighted by Gasteiger charge is 2.32. The second-order valence-electron chi connectivity index (χ2n) is 17.3. The molecule has 5 heterocycles. The van der Waals surface area contributed by atoms with Crippen molar-refractivity contribution < 1.29 is 43.9 Å². The maximum absolute atomic E-state index is 13.9. The second-order valence-corrected chi connectivity index (χ2v) is 20.9. The van der Waals surface area contributed by atoms with Crippen molar-refractivity contribution in [2.75, 3.05) is 66.9 Å². The predicted molar refractivity (Wildman–Crippen MR) is 255 cm³/mol. The lowest BCUT2D eigenvalue weighted by molar-refractivity contribution is 0.152. The molecule has 0 spiro atoms. The maximum atomic E-state index is 13.9. The number of anilines is 3. The summed E-state index contributed by atoms with van der Waals surface area (Å²) in [5.41, 5.74) is -0.586. The topological polar surface area (TPSA) is 233 Å². The van der Waals surface area contributed by atoms with Crippen molar-refractivity contribution in [3.05, 3.63) is 110 Å². The standard InChI is InChI=1S/C24H26ClF2N7O4S.C20H25F2N5O4S/c25-21-13-22(29-15-28-21)31-39(36,37)33-8-6-32(7-9-33)20-14-30-34(18-11-16(26)10-17(27)12-18)24(35)23(20)38-19-4-2-1-3-5-19;21-14-10-15(22)12-16(11-14)27-20(28)19(31-17-4-2-1-3-5-17)18(13-24-27)25-6-8-26(9-7-25)32(23,29)30/h10-15,19H,1-9H2,(H,28,29,31);10-13,17H,1-9H2,(H2,23,29,30). The fraction of sp³-hybridized carbons (Fsp3) is 0.455. The summed E-state index contributed by atoms with van der Waals surface area (Å²) in [7, 11) is -7.73. The van der Waals surface area contributed by atoms with E-state index < -0.39 is 54.8 Å². The van der Waals surface area contributed by atoms with E-state index in [9.17, 15) is 44.0 Å². The molecule has 4 aliphatic rings. The molecule has 5 aromatic rings. The van der Waals surface area contributed by atoms with E-state index in [1.807, 2.05) is 9.80 Å². The Balaban J connectivity index is 0.000000194. The molecule has 0 amide bonds. The van der Waals surface area contributed by atoms with Crippen molar-refractivity contribution >= 4 is 49.2 Å². The molecule has 0 bridgehead atoms. The molecule has 382 valence electrons. The SMILES string of the molecule is NS(=O)(=O)N1CCN(c2cnn(-c3cc(F)cc(F)c3)c(=O)c2OC2CCCCC2)CC1.O=c1c(OC2CCCCC2)c(N2CCN(S(=O)(=O)Nc3cc(Cl)ncn3)CC2)cnn1-c1cc(F)cc(F)c1. The molecule has 0 radical (unpaired) electrons. The summed E-state index contributed by atoms with van der Waals surface area (Å²) >= 11 is 5.82. The van der Waals surface area contributed by atoms with Crippen LogP contribution in [0, 0.1) is 23.3 Å². The number of rotatable bonds is 12. The highest BCUT2D eigenvalue weighted by molar-refractivity contribution is 7.90. The van der Waals surface area contributed by atoms with Gasteiger partial charge in [-0.2, -0.15) is 45.0 Å². The molecule has 0 unspecified atom stereocenters. The summed E-state index contributed by atoms with van der Waals surface area (Å²) in [6.07, 6.45) is 12.9. The van der Waals surface area contributed by atoms with Gasteiger partial charge in [-0.15, -0.1) is 0 Å². The number of piperazine rings is 2. The van der Waals surface area contributed by atoms with Crippen molar-refractivity contribution in [1.82, 2.24) is 38.1 Å². The Labute approximate surface area is 411 Å². The highest BCUT2D eigenvalue weighted by atomic mass is 35.5. The Morgan fingerprint density at radius 2 is 0.986 bits per heavy atom. The van der Waals surface area contributed by atoms with Crippen LogP contribution in [0.15, 0.2) is 70.8 Å². The fourth-order valence-corrected chi connectivity index (χ4v) is 10.8. The molecule has 3 aromatic heterocycles. The number of ether oxygens (including phenoxy) is 2. The zero-order chi connectivity index (χ0) is 50.5. The second kappa shape index (κ2) is 22.2. The molecule has 2 aromatic carbocycles. The van der Waals surface area contributed by atoms with Crippen molar-refractivity contribution in [3.8, 4) is 22.9 Å². The van der Waals surface area contributed by atoms with Gasteiger partial charge in [0.1, 0.15) is 51.9 Å². The van der Waals surface area contributed by atoms with Crippen LogP contribution in [0.4, 0.5) is 34.8 Å². The fourth-order valence-electron chi connectivity index (χ4n) is 8.86. The van der Waals surface area contributed by atoms with Gasteiger partial charge in [-0.05, 0) is 75.6 Å². The lowest BCUT2D eigenvalue weighted by Crippen LogP contribution is -2.51. The summed E-state index contributed by atoms with van der Waals surface area (Å²) in [5.74, 6) is -3.23. The van der Waals surface area contributed by atoms with E-state index in [4.69, 9.17) is 26.2 Å². The van der Waals surface area contributed by atoms with Gasteiger partial charge in [-0.3, -0.25) is 14.3 Å². The van der Waals surface area contributed by atoms with E-state index in [1.165, 1.54) is 22.8 Å². The third-order valence-electron chi connectivity index (χ3n) is 12.4. The van der Waals surface area contributed by atoms with Crippen molar-refractivity contribution in [2.24, 2.45) is 5.14 Å². The van der Waals surface area contributed by atoms with Crippen molar-refractivity contribution in [1.29, 1.82) is 0 Å². The van der Waals surface area contributed by atoms with Crippen LogP contribution in [0.25, 0.3) is 11.4 Å². The molecule has 0 atom stereocenters. The minimum atomic E-state index is -3.93. The first-order valence-corrected chi connectivity index (χ1v) is 26.3. The van der Waals surface area contributed by atoms with E-state index in [0.717, 1.165) is 108 Å². The third kappa shape index (κ3) is 12.8. The quantitative estimate of drug-likeness (QED) is 0.128. The van der Waals surface area contributed by atoms with Crippen LogP contribution in [0.5, 0.6) is 11.5 Å². The number of benzene rings is 2. The van der Waals surface area contributed by atoms with Gasteiger partial charge in [-0.25, -0.2) is 32.7 Å². The van der Waals surface area contributed by atoms with Crippen LogP contribution in [0.2, 0.25) is 5.15 Å². The minimum absolute atomic E-state index is 0.0200. The Morgan fingerprint density at radius 1 is 0.577 bits per heavy atom. The van der Waals surface area contributed by atoms with E-state index in [-0.39, 0.29) is 98.4 Å². The summed E-state index contributed by atoms with van der Waals surface area (Å²) < 4.78 is 123. The first-order valence-electron chi connectivity index (χ1n) is 23.0. The van der Waals surface area contributed by atoms with Crippen LogP contribution in [0.3, 0.4) is 0 Å². The molecule has 4 fully saturated rings. The summed E-state index contributed by atoms with van der Waals surface area (Å²) in [6, 6.07) is 6.80. The number of nitrogens with two attached hydrogens (primary N) is 1. The zero-order valence-corrected chi connectivity index (χ0v) is 40.6. The Hall–Kier alpha value is -5.93. The molecular formula is C44H51ClF4N12O8S2. The smallest absolute Gasteiger partial charge is 0.316 e. The van der Waals surface area contributed by atoms with E-state index in [2.05, 4.69) is 24.9 Å². The van der Waals surface area contributed by atoms with Crippen LogP contribution < -0.4 is 40.3 Å². The average Bonchev–Trinajstić information content (AvgIpc) is 3.33. The molecular weight excluding hydrogens is 1000 g/mol. The van der Waals surface area contributed by atoms with Crippen LogP contribution >= 0.6 is 11.6 Å². The summed E-state index contributed by atoms with van der Waals surface area (Å²) in [4.78, 5) is 38.1. The number of hydrogen-bond acceptors (Lipinski definition) is 14. The van der Waals surface area contributed by atoms with Gasteiger partial charge in [0.2, 0.25) is 11.5 Å². The molecule has 9 rings (SSSR count).